The van der Waals surface area contributed by atoms with Gasteiger partial charge < -0.3 is 10.1 Å². The molecule has 17 heavy (non-hydrogen) atoms. The summed E-state index contributed by atoms with van der Waals surface area (Å²) in [6.45, 7) is 3.05. The fourth-order valence-corrected chi connectivity index (χ4v) is 1.92. The van der Waals surface area contributed by atoms with Crippen LogP contribution < -0.4 is 5.32 Å². The summed E-state index contributed by atoms with van der Waals surface area (Å²) in [5.74, 6) is -0.836. The second-order valence-corrected chi connectivity index (χ2v) is 4.37. The van der Waals surface area contributed by atoms with Crippen molar-refractivity contribution in [3.05, 3.63) is 35.1 Å². The Kier molecular flexibility index (Phi) is 3.74. The first-order valence-corrected chi connectivity index (χ1v) is 5.81. The zero-order valence-electron chi connectivity index (χ0n) is 9.83. The van der Waals surface area contributed by atoms with Crippen LogP contribution in [0.4, 0.5) is 4.39 Å². The van der Waals surface area contributed by atoms with Gasteiger partial charge in [0.2, 0.25) is 0 Å². The average Bonchev–Trinajstić information content (AvgIpc) is 2.30. The number of rotatable bonds is 2. The first kappa shape index (κ1) is 12.0. The molecular formula is C13H16FNO2. The highest BCUT2D eigenvalue weighted by molar-refractivity contribution is 5.94. The summed E-state index contributed by atoms with van der Waals surface area (Å²) in [7, 11) is 0. The molecule has 1 atom stereocenters. The lowest BCUT2D eigenvalue weighted by Crippen LogP contribution is -2.40. The third-order valence-corrected chi connectivity index (χ3v) is 2.86. The lowest BCUT2D eigenvalue weighted by molar-refractivity contribution is 0.0622. The molecule has 4 heteroatoms. The Morgan fingerprint density at radius 2 is 2.35 bits per heavy atom. The van der Waals surface area contributed by atoms with Gasteiger partial charge in [0.1, 0.15) is 5.82 Å². The van der Waals surface area contributed by atoms with E-state index in [1.165, 1.54) is 12.1 Å². The molecule has 1 aliphatic rings. The van der Waals surface area contributed by atoms with E-state index in [0.717, 1.165) is 25.0 Å². The van der Waals surface area contributed by atoms with Gasteiger partial charge in [0.15, 0.2) is 0 Å². The van der Waals surface area contributed by atoms with E-state index in [9.17, 15) is 9.18 Å². The number of aryl methyl sites for hydroxylation is 1. The van der Waals surface area contributed by atoms with E-state index in [0.29, 0.717) is 6.61 Å². The van der Waals surface area contributed by atoms with Gasteiger partial charge in [-0.25, -0.2) is 4.39 Å². The molecule has 1 fully saturated rings. The number of nitrogens with one attached hydrogen (secondary N) is 1. The van der Waals surface area contributed by atoms with Crippen LogP contribution in [0.15, 0.2) is 18.2 Å². The summed E-state index contributed by atoms with van der Waals surface area (Å²) in [6, 6.07) is 4.61. The number of halogens is 1. The van der Waals surface area contributed by atoms with Crippen molar-refractivity contribution in [1.29, 1.82) is 0 Å². The van der Waals surface area contributed by atoms with E-state index >= 15 is 0 Å². The average molecular weight is 237 g/mol. The maximum Gasteiger partial charge on any atom is 0.254 e. The zero-order valence-corrected chi connectivity index (χ0v) is 9.83. The minimum Gasteiger partial charge on any atom is -0.379 e. The van der Waals surface area contributed by atoms with Crippen molar-refractivity contribution >= 4 is 5.91 Å². The predicted molar refractivity (Wildman–Crippen MR) is 62.4 cm³/mol. The van der Waals surface area contributed by atoms with Crippen LogP contribution in [-0.2, 0) is 4.74 Å². The lowest BCUT2D eigenvalue weighted by Gasteiger charge is -2.23. The Morgan fingerprint density at radius 3 is 3.00 bits per heavy atom. The van der Waals surface area contributed by atoms with E-state index in [1.807, 2.05) is 0 Å². The number of carbonyl (C=O) groups excluding carboxylic acids is 1. The van der Waals surface area contributed by atoms with E-state index < -0.39 is 5.82 Å². The molecule has 1 unspecified atom stereocenters. The van der Waals surface area contributed by atoms with Gasteiger partial charge in [0.05, 0.1) is 18.2 Å². The highest BCUT2D eigenvalue weighted by Gasteiger charge is 2.18. The molecule has 0 saturated carbocycles. The number of ether oxygens (including phenoxy) is 1. The van der Waals surface area contributed by atoms with E-state index in [2.05, 4.69) is 5.32 Å². The molecule has 2 rings (SSSR count). The van der Waals surface area contributed by atoms with Crippen molar-refractivity contribution < 1.29 is 13.9 Å². The molecule has 1 N–H and O–H groups in total. The maximum atomic E-state index is 13.6. The van der Waals surface area contributed by atoms with Gasteiger partial charge in [-0.15, -0.1) is 0 Å². The van der Waals surface area contributed by atoms with Crippen LogP contribution in [0.25, 0.3) is 0 Å². The number of hydrogen-bond acceptors (Lipinski definition) is 2. The third kappa shape index (κ3) is 3.03. The summed E-state index contributed by atoms with van der Waals surface area (Å²) in [5, 5.41) is 2.79. The minimum absolute atomic E-state index is 0.00282. The smallest absolute Gasteiger partial charge is 0.254 e. The van der Waals surface area contributed by atoms with Crippen LogP contribution in [0.3, 0.4) is 0 Å². The molecule has 92 valence electrons. The maximum absolute atomic E-state index is 13.6. The van der Waals surface area contributed by atoms with Crippen molar-refractivity contribution in [2.24, 2.45) is 0 Å². The van der Waals surface area contributed by atoms with Crippen molar-refractivity contribution in [2.75, 3.05) is 13.2 Å². The third-order valence-electron chi connectivity index (χ3n) is 2.86. The summed E-state index contributed by atoms with van der Waals surface area (Å²) >= 11 is 0. The lowest BCUT2D eigenvalue weighted by atomic mass is 10.1. The van der Waals surface area contributed by atoms with Crippen LogP contribution in [0.5, 0.6) is 0 Å². The molecule has 0 aliphatic carbocycles. The highest BCUT2D eigenvalue weighted by Crippen LogP contribution is 2.11. The van der Waals surface area contributed by atoms with Crippen molar-refractivity contribution in [3.63, 3.8) is 0 Å². The van der Waals surface area contributed by atoms with Gasteiger partial charge in [-0.2, -0.15) is 0 Å². The molecule has 0 spiro atoms. The Labute approximate surface area is 100.0 Å². The van der Waals surface area contributed by atoms with Crippen molar-refractivity contribution in [1.82, 2.24) is 5.32 Å². The van der Waals surface area contributed by atoms with Gasteiger partial charge >= 0.3 is 0 Å². The van der Waals surface area contributed by atoms with Crippen molar-refractivity contribution in [2.45, 2.75) is 25.8 Å². The molecule has 1 heterocycles. The molecule has 1 amide bonds. The molecule has 1 saturated heterocycles. The standard InChI is InChI=1S/C13H16FNO2/c1-9-4-5-11(12(14)7-9)13(16)15-10-3-2-6-17-8-10/h4-5,7,10H,2-3,6,8H2,1H3,(H,15,16). The fraction of sp³-hybridized carbons (Fsp3) is 0.462. The van der Waals surface area contributed by atoms with Crippen LogP contribution in [0.1, 0.15) is 28.8 Å². The molecule has 3 nitrogen and oxygen atoms in total. The van der Waals surface area contributed by atoms with Gasteiger partial charge in [-0.05, 0) is 37.5 Å². The Bertz CT molecular complexity index is 414. The summed E-state index contributed by atoms with van der Waals surface area (Å²) in [5.41, 5.74) is 0.904. The number of hydrogen-bond donors (Lipinski definition) is 1. The number of benzene rings is 1. The first-order valence-electron chi connectivity index (χ1n) is 5.81. The van der Waals surface area contributed by atoms with E-state index in [-0.39, 0.29) is 17.5 Å². The molecule has 0 radical (unpaired) electrons. The molecule has 0 aromatic heterocycles. The quantitative estimate of drug-likeness (QED) is 0.854. The number of amides is 1. The second kappa shape index (κ2) is 5.27. The van der Waals surface area contributed by atoms with Gasteiger partial charge in [0.25, 0.3) is 5.91 Å². The Morgan fingerprint density at radius 1 is 1.53 bits per heavy atom. The van der Waals surface area contributed by atoms with Crippen LogP contribution in [0.2, 0.25) is 0 Å². The van der Waals surface area contributed by atoms with E-state index in [1.54, 1.807) is 13.0 Å². The Balaban J connectivity index is 2.03. The minimum atomic E-state index is -0.473. The van der Waals surface area contributed by atoms with Crippen LogP contribution in [-0.4, -0.2) is 25.2 Å². The summed E-state index contributed by atoms with van der Waals surface area (Å²) in [4.78, 5) is 11.8. The molecular weight excluding hydrogens is 221 g/mol. The first-order chi connectivity index (χ1) is 8.16. The van der Waals surface area contributed by atoms with Crippen molar-refractivity contribution in [3.8, 4) is 0 Å². The van der Waals surface area contributed by atoms with Gasteiger partial charge in [-0.3, -0.25) is 4.79 Å². The topological polar surface area (TPSA) is 38.3 Å². The summed E-state index contributed by atoms with van der Waals surface area (Å²) in [6.07, 6.45) is 1.82. The molecule has 1 aromatic carbocycles. The SMILES string of the molecule is Cc1ccc(C(=O)NC2CCCOC2)c(F)c1. The molecule has 0 bridgehead atoms. The van der Waals surface area contributed by atoms with E-state index in [4.69, 9.17) is 4.74 Å². The largest absolute Gasteiger partial charge is 0.379 e. The molecule has 1 aliphatic heterocycles. The number of carbonyl (C=O) groups is 1. The second-order valence-electron chi connectivity index (χ2n) is 4.37. The zero-order chi connectivity index (χ0) is 12.3. The van der Waals surface area contributed by atoms with Crippen LogP contribution >= 0.6 is 0 Å². The normalized spacial score (nSPS) is 20.0. The highest BCUT2D eigenvalue weighted by atomic mass is 19.1. The fourth-order valence-electron chi connectivity index (χ4n) is 1.92. The predicted octanol–water partition coefficient (Wildman–Crippen LogP) is 2.04. The van der Waals surface area contributed by atoms with Gasteiger partial charge in [-0.1, -0.05) is 6.07 Å². The summed E-state index contributed by atoms with van der Waals surface area (Å²) < 4.78 is 18.8. The van der Waals surface area contributed by atoms with Gasteiger partial charge in [0, 0.05) is 6.61 Å². The molecule has 1 aromatic rings. The Hall–Kier alpha value is -1.42. The van der Waals surface area contributed by atoms with Crippen LogP contribution in [0, 0.1) is 12.7 Å². The monoisotopic (exact) mass is 237 g/mol.